The van der Waals surface area contributed by atoms with Crippen molar-refractivity contribution in [2.24, 2.45) is 0 Å². The fourth-order valence-electron chi connectivity index (χ4n) is 3.22. The standard InChI is InChI=1S/C23H21Cl2NO/c1-26(15-17-12-20(24)14-21(25)13-17)16-22(18-8-4-2-5-9-18)23(27)19-10-6-3-7-11-19/h2-14,22H,15-16H2,1H3. The van der Waals surface area contributed by atoms with Crippen LogP contribution < -0.4 is 0 Å². The summed E-state index contributed by atoms with van der Waals surface area (Å²) in [7, 11) is 2.00. The number of hydrogen-bond acceptors (Lipinski definition) is 2. The zero-order valence-corrected chi connectivity index (χ0v) is 16.6. The molecule has 1 atom stereocenters. The SMILES string of the molecule is CN(Cc1cc(Cl)cc(Cl)c1)CC(C(=O)c1ccccc1)c1ccccc1. The van der Waals surface area contributed by atoms with E-state index in [1.807, 2.05) is 79.8 Å². The summed E-state index contributed by atoms with van der Waals surface area (Å²) in [5.41, 5.74) is 2.77. The first-order valence-corrected chi connectivity index (χ1v) is 9.56. The van der Waals surface area contributed by atoms with Gasteiger partial charge in [0.15, 0.2) is 5.78 Å². The van der Waals surface area contributed by atoms with Gasteiger partial charge in [0.25, 0.3) is 0 Å². The lowest BCUT2D eigenvalue weighted by Crippen LogP contribution is -2.29. The van der Waals surface area contributed by atoms with Crippen molar-refractivity contribution in [3.63, 3.8) is 0 Å². The first-order chi connectivity index (χ1) is 13.0. The Morgan fingerprint density at radius 1 is 0.889 bits per heavy atom. The van der Waals surface area contributed by atoms with Crippen LogP contribution >= 0.6 is 23.2 Å². The van der Waals surface area contributed by atoms with Crippen molar-refractivity contribution in [1.82, 2.24) is 4.90 Å². The molecule has 0 aromatic heterocycles. The number of rotatable bonds is 7. The van der Waals surface area contributed by atoms with Crippen LogP contribution in [0.2, 0.25) is 10.0 Å². The van der Waals surface area contributed by atoms with E-state index in [-0.39, 0.29) is 11.7 Å². The van der Waals surface area contributed by atoms with Crippen LogP contribution in [0.15, 0.2) is 78.9 Å². The second-order valence-corrected chi connectivity index (χ2v) is 7.54. The van der Waals surface area contributed by atoms with Gasteiger partial charge in [-0.1, -0.05) is 83.9 Å². The summed E-state index contributed by atoms with van der Waals surface area (Å²) in [6.45, 7) is 1.26. The molecule has 0 heterocycles. The molecule has 0 aliphatic carbocycles. The van der Waals surface area contributed by atoms with Gasteiger partial charge in [-0.3, -0.25) is 4.79 Å². The molecule has 0 radical (unpaired) electrons. The highest BCUT2D eigenvalue weighted by Crippen LogP contribution is 2.24. The van der Waals surface area contributed by atoms with Gasteiger partial charge in [0.1, 0.15) is 0 Å². The lowest BCUT2D eigenvalue weighted by Gasteiger charge is -2.24. The van der Waals surface area contributed by atoms with Crippen LogP contribution in [0.25, 0.3) is 0 Å². The topological polar surface area (TPSA) is 20.3 Å². The molecule has 0 aliphatic rings. The maximum absolute atomic E-state index is 13.2. The molecule has 0 amide bonds. The van der Waals surface area contributed by atoms with Crippen molar-refractivity contribution in [1.29, 1.82) is 0 Å². The van der Waals surface area contributed by atoms with Gasteiger partial charge in [-0.15, -0.1) is 0 Å². The number of likely N-dealkylation sites (N-methyl/N-ethyl adjacent to an activating group) is 1. The molecule has 0 spiro atoms. The fraction of sp³-hybridized carbons (Fsp3) is 0.174. The Balaban J connectivity index is 1.82. The third kappa shape index (κ3) is 5.43. The largest absolute Gasteiger partial charge is 0.301 e. The third-order valence-corrected chi connectivity index (χ3v) is 4.88. The maximum atomic E-state index is 13.2. The Morgan fingerprint density at radius 3 is 2.04 bits per heavy atom. The van der Waals surface area contributed by atoms with Gasteiger partial charge in [0, 0.05) is 28.7 Å². The van der Waals surface area contributed by atoms with Crippen LogP contribution in [0.3, 0.4) is 0 Å². The second-order valence-electron chi connectivity index (χ2n) is 6.67. The van der Waals surface area contributed by atoms with Crippen molar-refractivity contribution in [3.8, 4) is 0 Å². The Bertz CT molecular complexity index is 877. The van der Waals surface area contributed by atoms with Crippen LogP contribution in [0, 0.1) is 0 Å². The molecule has 4 heteroatoms. The molecule has 0 bridgehead atoms. The van der Waals surface area contributed by atoms with Crippen LogP contribution in [0.4, 0.5) is 0 Å². The number of carbonyl (C=O) groups excluding carboxylic acids is 1. The predicted octanol–water partition coefficient (Wildman–Crippen LogP) is 6.09. The number of benzene rings is 3. The molecule has 0 aliphatic heterocycles. The van der Waals surface area contributed by atoms with Crippen molar-refractivity contribution >= 4 is 29.0 Å². The van der Waals surface area contributed by atoms with Gasteiger partial charge in [-0.2, -0.15) is 0 Å². The van der Waals surface area contributed by atoms with Gasteiger partial charge in [-0.25, -0.2) is 0 Å². The smallest absolute Gasteiger partial charge is 0.171 e. The molecule has 27 heavy (non-hydrogen) atoms. The zero-order chi connectivity index (χ0) is 19.2. The van der Waals surface area contributed by atoms with E-state index in [2.05, 4.69) is 4.90 Å². The fourth-order valence-corrected chi connectivity index (χ4v) is 3.79. The number of hydrogen-bond donors (Lipinski definition) is 0. The van der Waals surface area contributed by atoms with Crippen molar-refractivity contribution in [3.05, 3.63) is 106 Å². The zero-order valence-electron chi connectivity index (χ0n) is 15.1. The molecule has 0 saturated heterocycles. The van der Waals surface area contributed by atoms with Crippen molar-refractivity contribution in [2.75, 3.05) is 13.6 Å². The molecule has 3 aromatic carbocycles. The molecule has 0 N–H and O–H groups in total. The van der Waals surface area contributed by atoms with Crippen molar-refractivity contribution in [2.45, 2.75) is 12.5 Å². The van der Waals surface area contributed by atoms with Gasteiger partial charge in [-0.05, 0) is 36.4 Å². The first-order valence-electron chi connectivity index (χ1n) is 8.80. The van der Waals surface area contributed by atoms with Crippen LogP contribution in [-0.2, 0) is 6.54 Å². The van der Waals surface area contributed by atoms with Gasteiger partial charge in [0.2, 0.25) is 0 Å². The number of halogens is 2. The predicted molar refractivity (Wildman–Crippen MR) is 113 cm³/mol. The summed E-state index contributed by atoms with van der Waals surface area (Å²) >= 11 is 12.2. The minimum atomic E-state index is -0.242. The molecule has 0 fully saturated rings. The normalized spacial score (nSPS) is 12.1. The Hall–Kier alpha value is -2.13. The molecule has 1 unspecified atom stereocenters. The highest BCUT2D eigenvalue weighted by molar-refractivity contribution is 6.34. The minimum Gasteiger partial charge on any atom is -0.301 e. The van der Waals surface area contributed by atoms with E-state index in [1.165, 1.54) is 0 Å². The third-order valence-electron chi connectivity index (χ3n) is 4.45. The lowest BCUT2D eigenvalue weighted by atomic mass is 9.90. The second kappa shape index (κ2) is 9.18. The maximum Gasteiger partial charge on any atom is 0.171 e. The number of ketones is 1. The average Bonchev–Trinajstić information content (AvgIpc) is 2.66. The highest BCUT2D eigenvalue weighted by Gasteiger charge is 2.23. The molecular formula is C23H21Cl2NO. The Kier molecular flexibility index (Phi) is 6.68. The Morgan fingerprint density at radius 2 is 1.44 bits per heavy atom. The lowest BCUT2D eigenvalue weighted by molar-refractivity contribution is 0.0938. The first kappa shape index (κ1) is 19.6. The van der Waals surface area contributed by atoms with E-state index in [1.54, 1.807) is 6.07 Å². The summed E-state index contributed by atoms with van der Waals surface area (Å²) in [4.78, 5) is 15.3. The monoisotopic (exact) mass is 397 g/mol. The van der Waals surface area contributed by atoms with Crippen molar-refractivity contribution < 1.29 is 4.79 Å². The Labute approximate surface area is 170 Å². The van der Waals surface area contributed by atoms with Crippen LogP contribution in [0.5, 0.6) is 0 Å². The minimum absolute atomic E-state index is 0.123. The van der Waals surface area contributed by atoms with Crippen LogP contribution in [-0.4, -0.2) is 24.3 Å². The summed E-state index contributed by atoms with van der Waals surface area (Å²) in [6, 6.07) is 24.9. The van der Waals surface area contributed by atoms with E-state index in [9.17, 15) is 4.79 Å². The van der Waals surface area contributed by atoms with Crippen LogP contribution in [0.1, 0.15) is 27.4 Å². The molecule has 3 aromatic rings. The summed E-state index contributed by atoms with van der Waals surface area (Å²) in [6.07, 6.45) is 0. The molecule has 2 nitrogen and oxygen atoms in total. The summed E-state index contributed by atoms with van der Waals surface area (Å²) in [5.74, 6) is -0.119. The van der Waals surface area contributed by atoms with E-state index in [0.717, 1.165) is 16.7 Å². The van der Waals surface area contributed by atoms with E-state index in [0.29, 0.717) is 23.1 Å². The quantitative estimate of drug-likeness (QED) is 0.449. The molecule has 0 saturated carbocycles. The molecule has 138 valence electrons. The van der Waals surface area contributed by atoms with E-state index in [4.69, 9.17) is 23.2 Å². The number of carbonyl (C=O) groups is 1. The average molecular weight is 398 g/mol. The summed E-state index contributed by atoms with van der Waals surface area (Å²) in [5, 5.41) is 1.23. The van der Waals surface area contributed by atoms with E-state index >= 15 is 0 Å². The number of nitrogens with zero attached hydrogens (tertiary/aromatic N) is 1. The van der Waals surface area contributed by atoms with Gasteiger partial charge in [0.05, 0.1) is 5.92 Å². The summed E-state index contributed by atoms with van der Waals surface area (Å²) < 4.78 is 0. The van der Waals surface area contributed by atoms with Gasteiger partial charge >= 0.3 is 0 Å². The van der Waals surface area contributed by atoms with Gasteiger partial charge < -0.3 is 4.90 Å². The number of Topliss-reactive ketones (excluding diaryl/α,β-unsaturated/α-hetero) is 1. The molecular weight excluding hydrogens is 377 g/mol. The van der Waals surface area contributed by atoms with E-state index < -0.39 is 0 Å². The highest BCUT2D eigenvalue weighted by atomic mass is 35.5. The molecule has 3 rings (SSSR count).